The van der Waals surface area contributed by atoms with Gasteiger partial charge in [-0.3, -0.25) is 0 Å². The van der Waals surface area contributed by atoms with Crippen LogP contribution < -0.4 is 9.47 Å². The normalized spacial score (nSPS) is 10.7. The third-order valence-electron chi connectivity index (χ3n) is 2.35. The Morgan fingerprint density at radius 1 is 1.22 bits per heavy atom. The van der Waals surface area contributed by atoms with Gasteiger partial charge in [0.1, 0.15) is 24.4 Å². The third-order valence-corrected chi connectivity index (χ3v) is 3.24. The molecule has 0 bridgehead atoms. The predicted octanol–water partition coefficient (Wildman–Crippen LogP) is 1.77. The first-order chi connectivity index (χ1) is 8.85. The van der Waals surface area contributed by atoms with E-state index in [1.165, 1.54) is 11.3 Å². The van der Waals surface area contributed by atoms with E-state index < -0.39 is 0 Å². The summed E-state index contributed by atoms with van der Waals surface area (Å²) in [4.78, 5) is 0.767. The Labute approximate surface area is 107 Å². The smallest absolute Gasteiger partial charge is 0.234 e. The summed E-state index contributed by atoms with van der Waals surface area (Å²) in [6.07, 6.45) is 1.57. The summed E-state index contributed by atoms with van der Waals surface area (Å²) in [7, 11) is 1.63. The van der Waals surface area contributed by atoms with Crippen LogP contribution in [-0.2, 0) is 6.61 Å². The summed E-state index contributed by atoms with van der Waals surface area (Å²) in [5.41, 5.74) is 0. The lowest BCUT2D eigenvalue weighted by molar-refractivity contribution is 0.303. The monoisotopic (exact) mass is 262 g/mol. The minimum atomic E-state index is 0.417. The molecule has 0 atom stereocenters. The van der Waals surface area contributed by atoms with E-state index in [0.29, 0.717) is 6.61 Å². The van der Waals surface area contributed by atoms with E-state index in [9.17, 15) is 0 Å². The van der Waals surface area contributed by atoms with Crippen LogP contribution in [0.5, 0.6) is 11.5 Å². The SMILES string of the molecule is COc1ccc(OCc2nn3cnnc3s2)cc1. The molecule has 0 unspecified atom stereocenters. The summed E-state index contributed by atoms with van der Waals surface area (Å²) in [6, 6.07) is 7.43. The molecule has 0 spiro atoms. The van der Waals surface area contributed by atoms with Gasteiger partial charge in [-0.05, 0) is 24.3 Å². The molecule has 0 N–H and O–H groups in total. The highest BCUT2D eigenvalue weighted by molar-refractivity contribution is 7.16. The first-order valence-electron chi connectivity index (χ1n) is 5.28. The van der Waals surface area contributed by atoms with Gasteiger partial charge >= 0.3 is 0 Å². The molecule has 3 rings (SSSR count). The second-order valence-corrected chi connectivity index (χ2v) is 4.56. The molecule has 0 fully saturated rings. The van der Waals surface area contributed by atoms with E-state index >= 15 is 0 Å². The zero-order chi connectivity index (χ0) is 12.4. The minimum Gasteiger partial charge on any atom is -0.497 e. The highest BCUT2D eigenvalue weighted by Gasteiger charge is 2.05. The minimum absolute atomic E-state index is 0.417. The molecule has 2 aromatic heterocycles. The van der Waals surface area contributed by atoms with Crippen molar-refractivity contribution in [3.8, 4) is 11.5 Å². The maximum absolute atomic E-state index is 5.62. The lowest BCUT2D eigenvalue weighted by Crippen LogP contribution is -1.96. The summed E-state index contributed by atoms with van der Waals surface area (Å²) in [6.45, 7) is 0.417. The summed E-state index contributed by atoms with van der Waals surface area (Å²) in [5, 5.41) is 12.8. The Morgan fingerprint density at radius 2 is 2.00 bits per heavy atom. The van der Waals surface area contributed by atoms with Crippen molar-refractivity contribution in [1.29, 1.82) is 0 Å². The Hall–Kier alpha value is -2.15. The van der Waals surface area contributed by atoms with Crippen LogP contribution in [0.3, 0.4) is 0 Å². The van der Waals surface area contributed by atoms with Crippen molar-refractivity contribution in [2.75, 3.05) is 7.11 Å². The average molecular weight is 262 g/mol. The summed E-state index contributed by atoms with van der Waals surface area (Å²) >= 11 is 1.46. The van der Waals surface area contributed by atoms with Gasteiger partial charge in [0, 0.05) is 0 Å². The molecule has 0 aliphatic carbocycles. The van der Waals surface area contributed by atoms with Crippen LogP contribution in [0.15, 0.2) is 30.6 Å². The molecular weight excluding hydrogens is 252 g/mol. The van der Waals surface area contributed by atoms with Crippen molar-refractivity contribution in [3.05, 3.63) is 35.6 Å². The van der Waals surface area contributed by atoms with E-state index in [4.69, 9.17) is 9.47 Å². The molecule has 6 nitrogen and oxygen atoms in total. The molecule has 1 aromatic carbocycles. The van der Waals surface area contributed by atoms with Crippen LogP contribution in [0.2, 0.25) is 0 Å². The molecule has 0 saturated heterocycles. The maximum atomic E-state index is 5.62. The van der Waals surface area contributed by atoms with Crippen LogP contribution in [0.25, 0.3) is 4.96 Å². The van der Waals surface area contributed by atoms with Crippen LogP contribution in [0, 0.1) is 0 Å². The first kappa shape index (κ1) is 11.0. The highest BCUT2D eigenvalue weighted by atomic mass is 32.1. The zero-order valence-corrected chi connectivity index (χ0v) is 10.4. The van der Waals surface area contributed by atoms with Crippen molar-refractivity contribution >= 4 is 16.3 Å². The molecule has 0 aliphatic heterocycles. The van der Waals surface area contributed by atoms with Gasteiger partial charge in [-0.15, -0.1) is 10.2 Å². The topological polar surface area (TPSA) is 61.5 Å². The van der Waals surface area contributed by atoms with Crippen LogP contribution in [0.1, 0.15) is 5.01 Å². The third kappa shape index (κ3) is 2.12. The second kappa shape index (κ2) is 4.61. The lowest BCUT2D eigenvalue weighted by Gasteiger charge is -2.04. The Kier molecular flexibility index (Phi) is 2.81. The number of methoxy groups -OCH3 is 1. The molecule has 0 amide bonds. The van der Waals surface area contributed by atoms with Gasteiger partial charge in [0.2, 0.25) is 4.96 Å². The summed E-state index contributed by atoms with van der Waals surface area (Å²) in [5.74, 6) is 1.59. The Morgan fingerprint density at radius 3 is 2.72 bits per heavy atom. The predicted molar refractivity (Wildman–Crippen MR) is 66.0 cm³/mol. The van der Waals surface area contributed by atoms with Crippen molar-refractivity contribution in [1.82, 2.24) is 19.8 Å². The fourth-order valence-electron chi connectivity index (χ4n) is 1.48. The van der Waals surface area contributed by atoms with Crippen LogP contribution in [0.4, 0.5) is 0 Å². The number of fused-ring (bicyclic) bond motifs is 1. The molecule has 3 aromatic rings. The van der Waals surface area contributed by atoms with E-state index in [1.807, 2.05) is 24.3 Å². The average Bonchev–Trinajstić information content (AvgIpc) is 2.97. The van der Waals surface area contributed by atoms with E-state index in [1.54, 1.807) is 18.0 Å². The maximum Gasteiger partial charge on any atom is 0.234 e. The van der Waals surface area contributed by atoms with Crippen molar-refractivity contribution in [3.63, 3.8) is 0 Å². The van der Waals surface area contributed by atoms with Gasteiger partial charge in [0.25, 0.3) is 0 Å². The molecule has 7 heteroatoms. The molecule has 92 valence electrons. The zero-order valence-electron chi connectivity index (χ0n) is 9.61. The largest absolute Gasteiger partial charge is 0.497 e. The molecular formula is C11H10N4O2S. The molecule has 0 radical (unpaired) electrons. The van der Waals surface area contributed by atoms with Crippen LogP contribution in [-0.4, -0.2) is 26.9 Å². The number of aromatic nitrogens is 4. The number of rotatable bonds is 4. The molecule has 18 heavy (non-hydrogen) atoms. The van der Waals surface area contributed by atoms with Gasteiger partial charge in [-0.1, -0.05) is 11.3 Å². The number of ether oxygens (including phenoxy) is 2. The van der Waals surface area contributed by atoms with Crippen molar-refractivity contribution in [2.45, 2.75) is 6.61 Å². The van der Waals surface area contributed by atoms with Crippen LogP contribution >= 0.6 is 11.3 Å². The van der Waals surface area contributed by atoms with Crippen molar-refractivity contribution < 1.29 is 9.47 Å². The molecule has 2 heterocycles. The molecule has 0 aliphatic rings. The quantitative estimate of drug-likeness (QED) is 0.717. The fourth-order valence-corrected chi connectivity index (χ4v) is 2.20. The number of nitrogens with zero attached hydrogens (tertiary/aromatic N) is 4. The Bertz CT molecular complexity index is 618. The highest BCUT2D eigenvalue weighted by Crippen LogP contribution is 2.19. The second-order valence-electron chi connectivity index (χ2n) is 3.52. The van der Waals surface area contributed by atoms with E-state index in [-0.39, 0.29) is 0 Å². The number of hydrogen-bond donors (Lipinski definition) is 0. The van der Waals surface area contributed by atoms with E-state index in [0.717, 1.165) is 21.5 Å². The number of hydrogen-bond acceptors (Lipinski definition) is 6. The standard InChI is InChI=1S/C11H10N4O2S/c1-16-8-2-4-9(5-3-8)17-6-10-14-15-7-12-13-11(15)18-10/h2-5,7H,6H2,1H3. The van der Waals surface area contributed by atoms with Gasteiger partial charge in [-0.2, -0.15) is 9.61 Å². The van der Waals surface area contributed by atoms with Gasteiger partial charge < -0.3 is 9.47 Å². The first-order valence-corrected chi connectivity index (χ1v) is 6.09. The van der Waals surface area contributed by atoms with E-state index in [2.05, 4.69) is 15.3 Å². The van der Waals surface area contributed by atoms with Gasteiger partial charge in [-0.25, -0.2) is 0 Å². The van der Waals surface area contributed by atoms with Gasteiger partial charge in [0.05, 0.1) is 7.11 Å². The fraction of sp³-hybridized carbons (Fsp3) is 0.182. The molecule has 0 saturated carbocycles. The lowest BCUT2D eigenvalue weighted by atomic mass is 10.3. The Balaban J connectivity index is 1.68. The number of benzene rings is 1. The van der Waals surface area contributed by atoms with Gasteiger partial charge in [0.15, 0.2) is 5.01 Å². The summed E-state index contributed by atoms with van der Waals surface area (Å²) < 4.78 is 12.3. The van der Waals surface area contributed by atoms with Crippen molar-refractivity contribution in [2.24, 2.45) is 0 Å².